The molecule has 2 aromatic heterocycles. The first kappa shape index (κ1) is 16.8. The van der Waals surface area contributed by atoms with Crippen molar-refractivity contribution in [1.29, 1.82) is 0 Å². The second-order valence-electron chi connectivity index (χ2n) is 7.22. The number of nitrogens with one attached hydrogen (secondary N) is 1. The molecule has 3 heterocycles. The number of carboxylic acid groups (broad SMARTS) is 1. The van der Waals surface area contributed by atoms with Gasteiger partial charge >= 0.3 is 5.97 Å². The van der Waals surface area contributed by atoms with Crippen LogP contribution in [0.15, 0.2) is 23.0 Å². The molecule has 2 aliphatic rings. The summed E-state index contributed by atoms with van der Waals surface area (Å²) in [5, 5.41) is 9.42. The normalized spacial score (nSPS) is 18.1. The summed E-state index contributed by atoms with van der Waals surface area (Å²) in [7, 11) is 0. The number of pyridine rings is 1. The Morgan fingerprint density at radius 2 is 1.88 bits per heavy atom. The maximum absolute atomic E-state index is 11.9. The van der Waals surface area contributed by atoms with Crippen LogP contribution in [0.3, 0.4) is 0 Å². The fourth-order valence-corrected chi connectivity index (χ4v) is 3.59. The van der Waals surface area contributed by atoms with Crippen molar-refractivity contribution in [3.05, 3.63) is 51.3 Å². The van der Waals surface area contributed by atoms with E-state index < -0.39 is 5.97 Å². The number of aromatic nitrogens is 3. The predicted molar refractivity (Wildman–Crippen MR) is 97.0 cm³/mol. The number of piperidine rings is 1. The number of aromatic amines is 1. The Morgan fingerprint density at radius 1 is 1.15 bits per heavy atom. The molecule has 26 heavy (non-hydrogen) atoms. The minimum absolute atomic E-state index is 0.0761. The monoisotopic (exact) mass is 354 g/mol. The molecule has 1 saturated carbocycles. The molecule has 136 valence electrons. The molecule has 0 atom stereocenters. The average molecular weight is 354 g/mol. The second-order valence-corrected chi connectivity index (χ2v) is 7.22. The molecule has 7 nitrogen and oxygen atoms in total. The zero-order chi connectivity index (χ0) is 18.3. The van der Waals surface area contributed by atoms with E-state index in [-0.39, 0.29) is 17.0 Å². The summed E-state index contributed by atoms with van der Waals surface area (Å²) in [5.74, 6) is 1.04. The highest BCUT2D eigenvalue weighted by Crippen LogP contribution is 2.38. The van der Waals surface area contributed by atoms with Crippen LogP contribution in [0, 0.1) is 6.92 Å². The highest BCUT2D eigenvalue weighted by atomic mass is 16.4. The Balaban J connectivity index is 1.52. The van der Waals surface area contributed by atoms with Crippen molar-refractivity contribution < 1.29 is 9.90 Å². The number of nitrogens with zero attached hydrogens (tertiary/aromatic N) is 3. The van der Waals surface area contributed by atoms with Crippen LogP contribution < -0.4 is 10.5 Å². The lowest BCUT2D eigenvalue weighted by molar-refractivity contribution is 0.0697. The number of anilines is 1. The molecule has 0 radical (unpaired) electrons. The van der Waals surface area contributed by atoms with E-state index in [9.17, 15) is 14.7 Å². The van der Waals surface area contributed by atoms with Crippen LogP contribution in [0.4, 0.5) is 5.82 Å². The third kappa shape index (κ3) is 3.34. The Hall–Kier alpha value is -2.70. The molecule has 0 bridgehead atoms. The topological polar surface area (TPSA) is 99.2 Å². The number of hydrogen-bond acceptors (Lipinski definition) is 5. The SMILES string of the molecule is Cc1ccc(C(=O)O)c(N2CCC(c3cc(=O)[nH]c(C4CC4)n3)CC2)n1. The molecule has 0 amide bonds. The van der Waals surface area contributed by atoms with Gasteiger partial charge in [0.05, 0.1) is 5.69 Å². The standard InChI is InChI=1S/C19H22N4O3/c1-11-2-5-14(19(25)26)18(20-11)23-8-6-12(7-9-23)15-10-16(24)22-17(21-15)13-3-4-13/h2,5,10,12-13H,3-4,6-9H2,1H3,(H,25,26)(H,21,22,24). The van der Waals surface area contributed by atoms with E-state index in [2.05, 4.69) is 9.97 Å². The van der Waals surface area contributed by atoms with Crippen LogP contribution in [0.5, 0.6) is 0 Å². The number of aryl methyl sites for hydroxylation is 1. The summed E-state index contributed by atoms with van der Waals surface area (Å²) in [6, 6.07) is 4.95. The molecule has 1 aliphatic heterocycles. The van der Waals surface area contributed by atoms with Crippen molar-refractivity contribution in [3.63, 3.8) is 0 Å². The van der Waals surface area contributed by atoms with E-state index in [4.69, 9.17) is 4.98 Å². The van der Waals surface area contributed by atoms with E-state index in [1.54, 1.807) is 18.2 Å². The maximum Gasteiger partial charge on any atom is 0.339 e. The van der Waals surface area contributed by atoms with Crippen LogP contribution >= 0.6 is 0 Å². The van der Waals surface area contributed by atoms with Crippen LogP contribution in [0.2, 0.25) is 0 Å². The number of hydrogen-bond donors (Lipinski definition) is 2. The van der Waals surface area contributed by atoms with Gasteiger partial charge in [-0.1, -0.05) is 0 Å². The molecule has 7 heteroatoms. The summed E-state index contributed by atoms with van der Waals surface area (Å²) in [6.45, 7) is 3.27. The Kier molecular flexibility index (Phi) is 4.22. The van der Waals surface area contributed by atoms with Gasteiger partial charge in [0.1, 0.15) is 17.2 Å². The molecule has 1 aliphatic carbocycles. The first-order valence-corrected chi connectivity index (χ1v) is 9.08. The fourth-order valence-electron chi connectivity index (χ4n) is 3.59. The van der Waals surface area contributed by atoms with E-state index in [0.717, 1.165) is 42.9 Å². The first-order valence-electron chi connectivity index (χ1n) is 9.08. The molecule has 4 rings (SSSR count). The lowest BCUT2D eigenvalue weighted by atomic mass is 9.93. The average Bonchev–Trinajstić information content (AvgIpc) is 3.46. The van der Waals surface area contributed by atoms with E-state index in [1.165, 1.54) is 0 Å². The molecule has 2 aromatic rings. The van der Waals surface area contributed by atoms with Gasteiger partial charge in [0.25, 0.3) is 5.56 Å². The summed E-state index contributed by atoms with van der Waals surface area (Å²) >= 11 is 0. The third-order valence-corrected chi connectivity index (χ3v) is 5.20. The van der Waals surface area contributed by atoms with Gasteiger partial charge in [0.15, 0.2) is 0 Å². The Morgan fingerprint density at radius 3 is 2.54 bits per heavy atom. The summed E-state index contributed by atoms with van der Waals surface area (Å²) in [4.78, 5) is 37.5. The summed E-state index contributed by atoms with van der Waals surface area (Å²) < 4.78 is 0. The Bertz CT molecular complexity index is 896. The molecule has 0 aromatic carbocycles. The summed E-state index contributed by atoms with van der Waals surface area (Å²) in [5.41, 5.74) is 1.83. The van der Waals surface area contributed by atoms with Crippen LogP contribution in [0.25, 0.3) is 0 Å². The van der Waals surface area contributed by atoms with Crippen LogP contribution in [-0.4, -0.2) is 39.1 Å². The van der Waals surface area contributed by atoms with Gasteiger partial charge in [0, 0.05) is 36.7 Å². The number of carbonyl (C=O) groups is 1. The third-order valence-electron chi connectivity index (χ3n) is 5.20. The molecule has 0 unspecified atom stereocenters. The van der Waals surface area contributed by atoms with Gasteiger partial charge < -0.3 is 15.0 Å². The van der Waals surface area contributed by atoms with Crippen molar-refractivity contribution in [2.75, 3.05) is 18.0 Å². The molecular formula is C19H22N4O3. The van der Waals surface area contributed by atoms with Gasteiger partial charge in [-0.05, 0) is 44.7 Å². The Labute approximate surface area is 151 Å². The van der Waals surface area contributed by atoms with Crippen LogP contribution in [0.1, 0.15) is 65.1 Å². The quantitative estimate of drug-likeness (QED) is 0.875. The molecule has 1 saturated heterocycles. The second kappa shape index (κ2) is 6.55. The molecule has 2 fully saturated rings. The highest BCUT2D eigenvalue weighted by molar-refractivity contribution is 5.93. The first-order chi connectivity index (χ1) is 12.5. The molecule has 2 N–H and O–H groups in total. The van der Waals surface area contributed by atoms with Gasteiger partial charge in [-0.3, -0.25) is 4.79 Å². The lowest BCUT2D eigenvalue weighted by Gasteiger charge is -2.33. The van der Waals surface area contributed by atoms with E-state index >= 15 is 0 Å². The molecular weight excluding hydrogens is 332 g/mol. The number of carboxylic acids is 1. The molecule has 0 spiro atoms. The van der Waals surface area contributed by atoms with Crippen LogP contribution in [-0.2, 0) is 0 Å². The van der Waals surface area contributed by atoms with Crippen molar-refractivity contribution in [3.8, 4) is 0 Å². The van der Waals surface area contributed by atoms with E-state index in [1.807, 2.05) is 11.8 Å². The highest BCUT2D eigenvalue weighted by Gasteiger charge is 2.29. The van der Waals surface area contributed by atoms with Crippen molar-refractivity contribution in [1.82, 2.24) is 15.0 Å². The zero-order valence-corrected chi connectivity index (χ0v) is 14.7. The summed E-state index contributed by atoms with van der Waals surface area (Å²) in [6.07, 6.45) is 3.86. The number of rotatable bonds is 4. The lowest BCUT2D eigenvalue weighted by Crippen LogP contribution is -2.35. The van der Waals surface area contributed by atoms with Gasteiger partial charge in [-0.2, -0.15) is 0 Å². The van der Waals surface area contributed by atoms with Gasteiger partial charge in [0.2, 0.25) is 0 Å². The van der Waals surface area contributed by atoms with Gasteiger partial charge in [-0.25, -0.2) is 14.8 Å². The zero-order valence-electron chi connectivity index (χ0n) is 14.7. The van der Waals surface area contributed by atoms with Crippen molar-refractivity contribution in [2.45, 2.75) is 44.4 Å². The maximum atomic E-state index is 11.9. The largest absolute Gasteiger partial charge is 0.478 e. The smallest absolute Gasteiger partial charge is 0.339 e. The minimum atomic E-state index is -0.958. The minimum Gasteiger partial charge on any atom is -0.478 e. The van der Waals surface area contributed by atoms with Crippen molar-refractivity contribution in [2.24, 2.45) is 0 Å². The fraction of sp³-hybridized carbons (Fsp3) is 0.474. The predicted octanol–water partition coefficient (Wildman–Crippen LogP) is 2.43. The number of aromatic carboxylic acids is 1. The number of H-pyrrole nitrogens is 1. The van der Waals surface area contributed by atoms with Gasteiger partial charge in [-0.15, -0.1) is 0 Å². The van der Waals surface area contributed by atoms with Crippen molar-refractivity contribution >= 4 is 11.8 Å². The van der Waals surface area contributed by atoms with E-state index in [0.29, 0.717) is 24.8 Å².